The van der Waals surface area contributed by atoms with Crippen molar-refractivity contribution in [2.45, 2.75) is 6.54 Å². The topological polar surface area (TPSA) is 62.6 Å². The van der Waals surface area contributed by atoms with E-state index in [1.165, 1.54) is 11.0 Å². The molecule has 0 aliphatic carbocycles. The molecule has 2 heterocycles. The lowest BCUT2D eigenvalue weighted by Gasteiger charge is -2.14. The molecule has 0 atom stereocenters. The summed E-state index contributed by atoms with van der Waals surface area (Å²) in [6.07, 6.45) is 4.75. The van der Waals surface area contributed by atoms with Gasteiger partial charge in [-0.25, -0.2) is 0 Å². The Morgan fingerprint density at radius 3 is 2.90 bits per heavy atom. The Balaban J connectivity index is 1.76. The lowest BCUT2D eigenvalue weighted by Crippen LogP contribution is -2.37. The van der Waals surface area contributed by atoms with Crippen molar-refractivity contribution in [1.29, 1.82) is 0 Å². The van der Waals surface area contributed by atoms with Crippen LogP contribution >= 0.6 is 11.3 Å². The highest BCUT2D eigenvalue weighted by molar-refractivity contribution is 7.10. The molecule has 2 rings (SSSR count). The van der Waals surface area contributed by atoms with E-state index in [9.17, 15) is 9.59 Å². The fourth-order valence-corrected chi connectivity index (χ4v) is 2.23. The maximum absolute atomic E-state index is 11.9. The van der Waals surface area contributed by atoms with E-state index >= 15 is 0 Å². The summed E-state index contributed by atoms with van der Waals surface area (Å²) < 4.78 is 5.11. The summed E-state index contributed by atoms with van der Waals surface area (Å²) in [4.78, 5) is 25.9. The first-order chi connectivity index (χ1) is 10.1. The average Bonchev–Trinajstić information content (AvgIpc) is 3.15. The zero-order chi connectivity index (χ0) is 15.1. The van der Waals surface area contributed by atoms with E-state index in [0.29, 0.717) is 12.3 Å². The second kappa shape index (κ2) is 7.44. The van der Waals surface area contributed by atoms with Crippen LogP contribution in [0.25, 0.3) is 6.08 Å². The van der Waals surface area contributed by atoms with E-state index in [0.717, 1.165) is 4.88 Å². The number of carbonyl (C=O) groups excluding carboxylic acids is 2. The number of amides is 2. The van der Waals surface area contributed by atoms with E-state index < -0.39 is 0 Å². The number of rotatable bonds is 6. The van der Waals surface area contributed by atoms with Gasteiger partial charge >= 0.3 is 0 Å². The highest BCUT2D eigenvalue weighted by atomic mass is 32.1. The quantitative estimate of drug-likeness (QED) is 0.832. The van der Waals surface area contributed by atoms with Crippen LogP contribution in [0.4, 0.5) is 0 Å². The first-order valence-electron chi connectivity index (χ1n) is 6.41. The van der Waals surface area contributed by atoms with Crippen LogP contribution in [0.1, 0.15) is 10.6 Å². The normalized spacial score (nSPS) is 10.7. The number of likely N-dealkylation sites (N-methyl/N-ethyl adjacent to an activating group) is 1. The molecule has 0 spiro atoms. The third-order valence-corrected chi connectivity index (χ3v) is 3.57. The molecule has 0 bridgehead atoms. The van der Waals surface area contributed by atoms with Crippen molar-refractivity contribution >= 4 is 29.2 Å². The van der Waals surface area contributed by atoms with E-state index in [1.807, 2.05) is 17.5 Å². The molecule has 0 fully saturated rings. The zero-order valence-corrected chi connectivity index (χ0v) is 12.4. The summed E-state index contributed by atoms with van der Waals surface area (Å²) in [5.74, 6) is 0.234. The molecule has 110 valence electrons. The number of carbonyl (C=O) groups is 2. The standard InChI is InChI=1S/C15H16N2O3S/c1-17(15(19)7-6-13-5-3-9-21-13)11-14(18)16-10-12-4-2-8-20-12/h2-9H,10-11H2,1H3,(H,16,18). The molecule has 2 aromatic heterocycles. The van der Waals surface area contributed by atoms with Crippen LogP contribution in [0, 0.1) is 0 Å². The van der Waals surface area contributed by atoms with Crippen LogP contribution in [0.5, 0.6) is 0 Å². The SMILES string of the molecule is CN(CC(=O)NCc1ccco1)C(=O)C=Cc1cccs1. The van der Waals surface area contributed by atoms with E-state index in [4.69, 9.17) is 4.42 Å². The molecule has 2 amide bonds. The third kappa shape index (κ3) is 4.92. The van der Waals surface area contributed by atoms with Crippen molar-refractivity contribution in [1.82, 2.24) is 10.2 Å². The second-order valence-corrected chi connectivity index (χ2v) is 5.38. The molecule has 0 saturated heterocycles. The maximum atomic E-state index is 11.9. The number of nitrogens with one attached hydrogen (secondary N) is 1. The van der Waals surface area contributed by atoms with Gasteiger partial charge < -0.3 is 14.6 Å². The molecule has 0 saturated carbocycles. The van der Waals surface area contributed by atoms with Crippen molar-refractivity contribution < 1.29 is 14.0 Å². The summed E-state index contributed by atoms with van der Waals surface area (Å²) in [5, 5.41) is 4.63. The van der Waals surface area contributed by atoms with Crippen LogP contribution in [-0.4, -0.2) is 30.3 Å². The van der Waals surface area contributed by atoms with Gasteiger partial charge in [-0.3, -0.25) is 9.59 Å². The van der Waals surface area contributed by atoms with Crippen molar-refractivity contribution in [3.8, 4) is 0 Å². The summed E-state index contributed by atoms with van der Waals surface area (Å²) in [5.41, 5.74) is 0. The smallest absolute Gasteiger partial charge is 0.246 e. The monoisotopic (exact) mass is 304 g/mol. The molecular formula is C15H16N2O3S. The van der Waals surface area contributed by atoms with Crippen LogP contribution in [0.2, 0.25) is 0 Å². The van der Waals surface area contributed by atoms with Gasteiger partial charge in [-0.2, -0.15) is 0 Å². The Hall–Kier alpha value is -2.34. The number of hydrogen-bond donors (Lipinski definition) is 1. The zero-order valence-electron chi connectivity index (χ0n) is 11.6. The molecule has 21 heavy (non-hydrogen) atoms. The summed E-state index contributed by atoms with van der Waals surface area (Å²) >= 11 is 1.55. The molecule has 6 heteroatoms. The van der Waals surface area contributed by atoms with Gasteiger partial charge in [0.1, 0.15) is 5.76 Å². The van der Waals surface area contributed by atoms with Gasteiger partial charge in [0.25, 0.3) is 0 Å². The lowest BCUT2D eigenvalue weighted by molar-refractivity contribution is -0.131. The van der Waals surface area contributed by atoms with Crippen molar-refractivity contribution in [3.05, 3.63) is 52.6 Å². The summed E-state index contributed by atoms with van der Waals surface area (Å²) in [7, 11) is 1.59. The molecule has 2 aromatic rings. The third-order valence-electron chi connectivity index (χ3n) is 2.73. The Kier molecular flexibility index (Phi) is 5.34. The van der Waals surface area contributed by atoms with E-state index in [1.54, 1.807) is 42.9 Å². The van der Waals surface area contributed by atoms with Crippen LogP contribution in [-0.2, 0) is 16.1 Å². The van der Waals surface area contributed by atoms with Crippen molar-refractivity contribution in [2.75, 3.05) is 13.6 Å². The van der Waals surface area contributed by atoms with Gasteiger partial charge in [0.15, 0.2) is 0 Å². The Bertz CT molecular complexity index is 603. The fraction of sp³-hybridized carbons (Fsp3) is 0.200. The minimum Gasteiger partial charge on any atom is -0.467 e. The van der Waals surface area contributed by atoms with Gasteiger partial charge in [-0.1, -0.05) is 6.07 Å². The minimum absolute atomic E-state index is 0.00826. The largest absolute Gasteiger partial charge is 0.467 e. The van der Waals surface area contributed by atoms with Crippen LogP contribution in [0.3, 0.4) is 0 Å². The number of furan rings is 1. The first kappa shape index (κ1) is 15.1. The second-order valence-electron chi connectivity index (χ2n) is 4.40. The maximum Gasteiger partial charge on any atom is 0.246 e. The Labute approximate surface area is 126 Å². The first-order valence-corrected chi connectivity index (χ1v) is 7.29. The number of hydrogen-bond acceptors (Lipinski definition) is 4. The summed E-state index contributed by atoms with van der Waals surface area (Å²) in [6, 6.07) is 7.37. The van der Waals surface area contributed by atoms with Crippen LogP contribution < -0.4 is 5.32 Å². The fourth-order valence-electron chi connectivity index (χ4n) is 1.61. The molecule has 0 aromatic carbocycles. The van der Waals surface area contributed by atoms with Crippen molar-refractivity contribution in [3.63, 3.8) is 0 Å². The van der Waals surface area contributed by atoms with Gasteiger partial charge in [-0.05, 0) is 29.7 Å². The molecule has 0 aliphatic rings. The number of nitrogens with zero attached hydrogens (tertiary/aromatic N) is 1. The average molecular weight is 304 g/mol. The van der Waals surface area contributed by atoms with Crippen molar-refractivity contribution in [2.24, 2.45) is 0 Å². The molecular weight excluding hydrogens is 288 g/mol. The Morgan fingerprint density at radius 1 is 1.38 bits per heavy atom. The molecule has 0 unspecified atom stereocenters. The predicted molar refractivity (Wildman–Crippen MR) is 81.5 cm³/mol. The van der Waals surface area contributed by atoms with E-state index in [2.05, 4.69) is 5.32 Å². The highest BCUT2D eigenvalue weighted by Gasteiger charge is 2.10. The van der Waals surface area contributed by atoms with Gasteiger partial charge in [0, 0.05) is 18.0 Å². The lowest BCUT2D eigenvalue weighted by atomic mass is 10.3. The molecule has 0 radical (unpaired) electrons. The van der Waals surface area contributed by atoms with Crippen LogP contribution in [0.15, 0.2) is 46.4 Å². The minimum atomic E-state index is -0.230. The molecule has 0 aliphatic heterocycles. The van der Waals surface area contributed by atoms with Gasteiger partial charge in [0.2, 0.25) is 11.8 Å². The predicted octanol–water partition coefficient (Wildman–Crippen LogP) is 2.13. The molecule has 5 nitrogen and oxygen atoms in total. The molecule has 1 N–H and O–H groups in total. The van der Waals surface area contributed by atoms with Gasteiger partial charge in [0.05, 0.1) is 19.4 Å². The number of thiophene rings is 1. The summed E-state index contributed by atoms with van der Waals surface area (Å²) in [6.45, 7) is 0.327. The van der Waals surface area contributed by atoms with Gasteiger partial charge in [-0.15, -0.1) is 11.3 Å². The highest BCUT2D eigenvalue weighted by Crippen LogP contribution is 2.10. The van der Waals surface area contributed by atoms with E-state index in [-0.39, 0.29) is 18.4 Å². The Morgan fingerprint density at radius 2 is 2.24 bits per heavy atom.